The van der Waals surface area contributed by atoms with E-state index < -0.39 is 0 Å². The van der Waals surface area contributed by atoms with Crippen molar-refractivity contribution in [3.63, 3.8) is 0 Å². The summed E-state index contributed by atoms with van der Waals surface area (Å²) in [7, 11) is 1.66. The number of hydrogen-bond donors (Lipinski definition) is 0. The van der Waals surface area contributed by atoms with Crippen LogP contribution in [0.25, 0.3) is 0 Å². The molecule has 0 radical (unpaired) electrons. The monoisotopic (exact) mass is 367 g/mol. The van der Waals surface area contributed by atoms with Gasteiger partial charge in [-0.25, -0.2) is 0 Å². The molecule has 0 bridgehead atoms. The first kappa shape index (κ1) is 17.7. The number of carbonyl (C=O) groups excluding carboxylic acids is 1. The number of carbonyl (C=O) groups is 1. The van der Waals surface area contributed by atoms with Crippen LogP contribution in [0.5, 0.6) is 17.2 Å². The SMILES string of the molecule is COc1ccc(CN(Cc2ccc3c(c2)OCO3)C(=O)C2CCCC2)cc1. The number of rotatable bonds is 6. The Bertz CT molecular complexity index is 796. The van der Waals surface area contributed by atoms with Crippen LogP contribution in [-0.4, -0.2) is 24.7 Å². The third-order valence-electron chi connectivity index (χ3n) is 5.36. The van der Waals surface area contributed by atoms with Crippen LogP contribution < -0.4 is 14.2 Å². The lowest BCUT2D eigenvalue weighted by atomic mass is 10.0. The van der Waals surface area contributed by atoms with Crippen molar-refractivity contribution in [2.45, 2.75) is 38.8 Å². The zero-order chi connectivity index (χ0) is 18.6. The highest BCUT2D eigenvalue weighted by Gasteiger charge is 2.28. The van der Waals surface area contributed by atoms with Crippen LogP contribution in [0.2, 0.25) is 0 Å². The molecule has 0 atom stereocenters. The van der Waals surface area contributed by atoms with Crippen molar-refractivity contribution in [1.82, 2.24) is 4.90 Å². The van der Waals surface area contributed by atoms with Crippen LogP contribution >= 0.6 is 0 Å². The number of amides is 1. The second-order valence-electron chi connectivity index (χ2n) is 7.21. The number of hydrogen-bond acceptors (Lipinski definition) is 4. The normalized spacial score (nSPS) is 15.7. The van der Waals surface area contributed by atoms with Gasteiger partial charge in [0.15, 0.2) is 11.5 Å². The summed E-state index contributed by atoms with van der Waals surface area (Å²) in [5, 5.41) is 0. The van der Waals surface area contributed by atoms with Crippen LogP contribution in [0.3, 0.4) is 0 Å². The Morgan fingerprint density at radius 1 is 1.00 bits per heavy atom. The molecular weight excluding hydrogens is 342 g/mol. The Morgan fingerprint density at radius 3 is 2.41 bits per heavy atom. The first-order valence-electron chi connectivity index (χ1n) is 9.53. The molecule has 1 fully saturated rings. The molecule has 2 aliphatic rings. The van der Waals surface area contributed by atoms with E-state index in [1.54, 1.807) is 7.11 Å². The molecule has 27 heavy (non-hydrogen) atoms. The lowest BCUT2D eigenvalue weighted by Crippen LogP contribution is -2.34. The molecule has 5 heteroatoms. The Morgan fingerprint density at radius 2 is 1.67 bits per heavy atom. The van der Waals surface area contributed by atoms with E-state index in [9.17, 15) is 4.79 Å². The van der Waals surface area contributed by atoms with E-state index in [-0.39, 0.29) is 18.6 Å². The van der Waals surface area contributed by atoms with E-state index in [2.05, 4.69) is 0 Å². The van der Waals surface area contributed by atoms with Gasteiger partial charge < -0.3 is 19.1 Å². The third-order valence-corrected chi connectivity index (χ3v) is 5.36. The molecule has 0 spiro atoms. The zero-order valence-corrected chi connectivity index (χ0v) is 15.6. The highest BCUT2D eigenvalue weighted by atomic mass is 16.7. The van der Waals surface area contributed by atoms with E-state index in [1.807, 2.05) is 47.4 Å². The molecule has 1 aliphatic heterocycles. The number of nitrogens with zero attached hydrogens (tertiary/aromatic N) is 1. The van der Waals surface area contributed by atoms with Crippen molar-refractivity contribution in [3.8, 4) is 17.2 Å². The minimum Gasteiger partial charge on any atom is -0.497 e. The van der Waals surface area contributed by atoms with Gasteiger partial charge in [0.2, 0.25) is 12.7 Å². The smallest absolute Gasteiger partial charge is 0.231 e. The lowest BCUT2D eigenvalue weighted by Gasteiger charge is -2.26. The summed E-state index contributed by atoms with van der Waals surface area (Å²) in [6.07, 6.45) is 4.30. The Labute approximate surface area is 159 Å². The van der Waals surface area contributed by atoms with E-state index >= 15 is 0 Å². The average molecular weight is 367 g/mol. The van der Waals surface area contributed by atoms with Crippen molar-refractivity contribution in [3.05, 3.63) is 53.6 Å². The maximum Gasteiger partial charge on any atom is 0.231 e. The summed E-state index contributed by atoms with van der Waals surface area (Å²) in [6, 6.07) is 13.8. The van der Waals surface area contributed by atoms with Gasteiger partial charge in [-0.15, -0.1) is 0 Å². The van der Waals surface area contributed by atoms with Crippen LogP contribution in [0, 0.1) is 5.92 Å². The van der Waals surface area contributed by atoms with Gasteiger partial charge in [-0.2, -0.15) is 0 Å². The number of benzene rings is 2. The second kappa shape index (κ2) is 7.91. The molecule has 2 aromatic rings. The van der Waals surface area contributed by atoms with Crippen LogP contribution in [0.4, 0.5) is 0 Å². The van der Waals surface area contributed by atoms with Gasteiger partial charge in [-0.05, 0) is 48.2 Å². The highest BCUT2D eigenvalue weighted by molar-refractivity contribution is 5.79. The van der Waals surface area contributed by atoms with Crippen LogP contribution in [-0.2, 0) is 17.9 Å². The topological polar surface area (TPSA) is 48.0 Å². The average Bonchev–Trinajstić information content (AvgIpc) is 3.39. The Hall–Kier alpha value is -2.69. The molecule has 1 saturated carbocycles. The number of ether oxygens (including phenoxy) is 3. The molecule has 4 rings (SSSR count). The Balaban J connectivity index is 1.53. The molecule has 0 saturated heterocycles. The van der Waals surface area contributed by atoms with Gasteiger partial charge in [0.1, 0.15) is 5.75 Å². The van der Waals surface area contributed by atoms with Crippen LogP contribution in [0.15, 0.2) is 42.5 Å². The first-order chi connectivity index (χ1) is 13.2. The summed E-state index contributed by atoms with van der Waals surface area (Å²) in [4.78, 5) is 15.1. The fourth-order valence-corrected chi connectivity index (χ4v) is 3.85. The largest absolute Gasteiger partial charge is 0.497 e. The van der Waals surface area contributed by atoms with Gasteiger partial charge in [0, 0.05) is 19.0 Å². The van der Waals surface area contributed by atoms with Crippen molar-refractivity contribution in [2.75, 3.05) is 13.9 Å². The summed E-state index contributed by atoms with van der Waals surface area (Å²) in [5.74, 6) is 2.74. The molecule has 0 N–H and O–H groups in total. The summed E-state index contributed by atoms with van der Waals surface area (Å²) < 4.78 is 16.1. The molecular formula is C22H25NO4. The van der Waals surface area contributed by atoms with E-state index in [0.717, 1.165) is 54.1 Å². The zero-order valence-electron chi connectivity index (χ0n) is 15.6. The minimum atomic E-state index is 0.150. The molecule has 1 aliphatic carbocycles. The molecule has 0 aromatic heterocycles. The standard InChI is InChI=1S/C22H25NO4/c1-25-19-9-6-16(7-10-19)13-23(22(24)18-4-2-3-5-18)14-17-8-11-20-21(12-17)27-15-26-20/h6-12,18H,2-5,13-15H2,1H3. The van der Waals surface area contributed by atoms with Gasteiger partial charge >= 0.3 is 0 Å². The van der Waals surface area contributed by atoms with Gasteiger partial charge in [0.05, 0.1) is 7.11 Å². The summed E-state index contributed by atoms with van der Waals surface area (Å²) in [5.41, 5.74) is 2.15. The van der Waals surface area contributed by atoms with Gasteiger partial charge in [0.25, 0.3) is 0 Å². The fraction of sp³-hybridized carbons (Fsp3) is 0.409. The number of fused-ring (bicyclic) bond motifs is 1. The predicted molar refractivity (Wildman–Crippen MR) is 102 cm³/mol. The molecule has 5 nitrogen and oxygen atoms in total. The molecule has 0 unspecified atom stereocenters. The molecule has 1 heterocycles. The van der Waals surface area contributed by atoms with Crippen LogP contribution in [0.1, 0.15) is 36.8 Å². The van der Waals surface area contributed by atoms with Gasteiger partial charge in [-0.1, -0.05) is 31.0 Å². The third kappa shape index (κ3) is 4.02. The maximum absolute atomic E-state index is 13.2. The van der Waals surface area contributed by atoms with Gasteiger partial charge in [-0.3, -0.25) is 4.79 Å². The highest BCUT2D eigenvalue weighted by Crippen LogP contribution is 2.33. The molecule has 1 amide bonds. The maximum atomic E-state index is 13.2. The quantitative estimate of drug-likeness (QED) is 0.770. The minimum absolute atomic E-state index is 0.150. The van der Waals surface area contributed by atoms with E-state index in [4.69, 9.17) is 14.2 Å². The Kier molecular flexibility index (Phi) is 5.19. The van der Waals surface area contributed by atoms with Crippen molar-refractivity contribution >= 4 is 5.91 Å². The summed E-state index contributed by atoms with van der Waals surface area (Å²) >= 11 is 0. The summed E-state index contributed by atoms with van der Waals surface area (Å²) in [6.45, 7) is 1.42. The van der Waals surface area contributed by atoms with E-state index in [1.165, 1.54) is 0 Å². The molecule has 2 aromatic carbocycles. The number of methoxy groups -OCH3 is 1. The van der Waals surface area contributed by atoms with E-state index in [0.29, 0.717) is 13.1 Å². The second-order valence-corrected chi connectivity index (χ2v) is 7.21. The lowest BCUT2D eigenvalue weighted by molar-refractivity contribution is -0.136. The predicted octanol–water partition coefficient (Wildman–Crippen LogP) is 4.14. The van der Waals surface area contributed by atoms with Crippen molar-refractivity contribution in [1.29, 1.82) is 0 Å². The van der Waals surface area contributed by atoms with Crippen molar-refractivity contribution in [2.24, 2.45) is 5.92 Å². The molecule has 142 valence electrons. The fourth-order valence-electron chi connectivity index (χ4n) is 3.85. The van der Waals surface area contributed by atoms with Crippen molar-refractivity contribution < 1.29 is 19.0 Å². The first-order valence-corrected chi connectivity index (χ1v) is 9.53.